The van der Waals surface area contributed by atoms with E-state index < -0.39 is 35.1 Å². The second kappa shape index (κ2) is 21.5. The standard InChI is InChI=1S/C48H57F3N8O7S/c1-30-41(67-29-54-30)32-10-8-31(9-11-32)26-53-45(62)39-7-6-19-58(39)46(63)42(47(2,3)4)55-40(60)28-66-24-23-65-22-21-64-20-18-52-44(61)33-12-17-38-36(25-33)37-27-57(5)56-43(37)59(38)35-15-13-34(14-16-35)48(49,50)51/h8-17,25,27,29-30,39,41-42H,6-7,18-24,26,28H2,1-5H3,(H,52,61)(H,53,62)(H,55,60). The van der Waals surface area contributed by atoms with Crippen LogP contribution in [-0.4, -0.2) is 119 Å². The highest BCUT2D eigenvalue weighted by atomic mass is 32.2. The van der Waals surface area contributed by atoms with E-state index in [1.54, 1.807) is 57.4 Å². The Morgan fingerprint density at radius 1 is 0.881 bits per heavy atom. The molecule has 0 saturated carbocycles. The third-order valence-corrected chi connectivity index (χ3v) is 12.9. The summed E-state index contributed by atoms with van der Waals surface area (Å²) in [5.41, 5.74) is 4.81. The van der Waals surface area contributed by atoms with E-state index in [-0.39, 0.29) is 75.2 Å². The van der Waals surface area contributed by atoms with E-state index >= 15 is 0 Å². The van der Waals surface area contributed by atoms with Crippen LogP contribution in [0.15, 0.2) is 77.9 Å². The lowest BCUT2D eigenvalue weighted by Crippen LogP contribution is -2.58. The molecular formula is C48H57F3N8O7S. The fourth-order valence-corrected chi connectivity index (χ4v) is 9.24. The van der Waals surface area contributed by atoms with Crippen molar-refractivity contribution in [3.8, 4) is 5.69 Å². The lowest BCUT2D eigenvalue weighted by Gasteiger charge is -2.35. The minimum Gasteiger partial charge on any atom is -0.377 e. The monoisotopic (exact) mass is 946 g/mol. The number of aryl methyl sites for hydroxylation is 1. The summed E-state index contributed by atoms with van der Waals surface area (Å²) >= 11 is 1.70. The van der Waals surface area contributed by atoms with Crippen LogP contribution in [0.3, 0.4) is 0 Å². The van der Waals surface area contributed by atoms with E-state index in [2.05, 4.69) is 45.1 Å². The number of hydrogen-bond acceptors (Lipinski definition) is 10. The van der Waals surface area contributed by atoms with Gasteiger partial charge in [-0.05, 0) is 78.8 Å². The second-order valence-electron chi connectivity index (χ2n) is 17.8. The number of benzene rings is 3. The van der Waals surface area contributed by atoms with Crippen molar-refractivity contribution in [2.45, 2.75) is 76.6 Å². The molecule has 2 aliphatic rings. The number of nitrogens with zero attached hydrogens (tertiary/aromatic N) is 5. The second-order valence-corrected chi connectivity index (χ2v) is 18.7. The number of carbonyl (C=O) groups is 4. The summed E-state index contributed by atoms with van der Waals surface area (Å²) in [5, 5.41) is 15.0. The summed E-state index contributed by atoms with van der Waals surface area (Å²) in [7, 11) is 1.75. The van der Waals surface area contributed by atoms with Gasteiger partial charge in [0.15, 0.2) is 5.65 Å². The molecule has 67 heavy (non-hydrogen) atoms. The Labute approximate surface area is 391 Å². The number of aliphatic imine (C=N–C) groups is 1. The van der Waals surface area contributed by atoms with Crippen LogP contribution < -0.4 is 16.0 Å². The molecular weight excluding hydrogens is 890 g/mol. The summed E-state index contributed by atoms with van der Waals surface area (Å²) in [4.78, 5) is 59.3. The van der Waals surface area contributed by atoms with Crippen molar-refractivity contribution in [2.75, 3.05) is 52.7 Å². The maximum absolute atomic E-state index is 13.9. The predicted octanol–water partition coefficient (Wildman–Crippen LogP) is 6.36. The van der Waals surface area contributed by atoms with E-state index in [9.17, 15) is 32.3 Å². The molecule has 1 fully saturated rings. The van der Waals surface area contributed by atoms with Gasteiger partial charge in [-0.15, -0.1) is 11.8 Å². The Bertz CT molecular complexity index is 2570. The molecule has 4 heterocycles. The molecule has 358 valence electrons. The maximum atomic E-state index is 13.9. The smallest absolute Gasteiger partial charge is 0.377 e. The fraction of sp³-hybridized carbons (Fsp3) is 0.458. The van der Waals surface area contributed by atoms with Crippen LogP contribution in [0.25, 0.3) is 27.6 Å². The number of ether oxygens (including phenoxy) is 3. The molecule has 0 radical (unpaired) electrons. The van der Waals surface area contributed by atoms with Gasteiger partial charge >= 0.3 is 6.18 Å². The largest absolute Gasteiger partial charge is 0.416 e. The Balaban J connectivity index is 0.781. The third kappa shape index (κ3) is 12.0. The van der Waals surface area contributed by atoms with Gasteiger partial charge in [-0.1, -0.05) is 45.0 Å². The summed E-state index contributed by atoms with van der Waals surface area (Å²) in [5.74, 6) is -1.31. The topological polar surface area (TPSA) is 170 Å². The maximum Gasteiger partial charge on any atom is 0.416 e. The van der Waals surface area contributed by atoms with E-state index in [1.807, 2.05) is 38.5 Å². The highest BCUT2D eigenvalue weighted by molar-refractivity contribution is 8.12. The summed E-state index contributed by atoms with van der Waals surface area (Å²) in [6.07, 6.45) is -1.44. The van der Waals surface area contributed by atoms with Gasteiger partial charge in [-0.3, -0.25) is 33.4 Å². The molecule has 4 unspecified atom stereocenters. The number of alkyl halides is 3. The van der Waals surface area contributed by atoms with Crippen molar-refractivity contribution in [2.24, 2.45) is 17.5 Å². The SMILES string of the molecule is CC1N=CSC1c1ccc(CNC(=O)C2CCCN2C(=O)C(NC(=O)COCCOCCOCCNC(=O)c2ccc3c(c2)c2cn(C)nc2n3-c2ccc(C(F)(F)F)cc2)C(C)(C)C)cc1. The number of amides is 4. The minimum atomic E-state index is -4.45. The molecule has 2 aliphatic heterocycles. The molecule has 0 bridgehead atoms. The molecule has 19 heteroatoms. The summed E-state index contributed by atoms with van der Waals surface area (Å²) < 4.78 is 59.7. The number of thioether (sulfide) groups is 1. The summed E-state index contributed by atoms with van der Waals surface area (Å²) in [6, 6.07) is 16.9. The molecule has 7 rings (SSSR count). The van der Waals surface area contributed by atoms with E-state index in [1.165, 1.54) is 17.7 Å². The van der Waals surface area contributed by atoms with Gasteiger partial charge in [-0.25, -0.2) is 0 Å². The number of rotatable bonds is 19. The molecule has 4 atom stereocenters. The first-order valence-corrected chi connectivity index (χ1v) is 23.2. The first kappa shape index (κ1) is 49.2. The highest BCUT2D eigenvalue weighted by Crippen LogP contribution is 2.37. The van der Waals surface area contributed by atoms with Crippen LogP contribution in [-0.2, 0) is 48.4 Å². The minimum absolute atomic E-state index is 0.130. The van der Waals surface area contributed by atoms with Crippen LogP contribution in [0, 0.1) is 5.41 Å². The first-order chi connectivity index (χ1) is 32.0. The van der Waals surface area contributed by atoms with E-state index in [4.69, 9.17) is 14.2 Å². The molecule has 3 aromatic carbocycles. The van der Waals surface area contributed by atoms with Gasteiger partial charge in [0.2, 0.25) is 17.7 Å². The normalized spacial score (nSPS) is 17.9. The van der Waals surface area contributed by atoms with Crippen molar-refractivity contribution in [1.82, 2.24) is 35.2 Å². The van der Waals surface area contributed by atoms with Crippen LogP contribution in [0.4, 0.5) is 13.2 Å². The van der Waals surface area contributed by atoms with Gasteiger partial charge in [0.05, 0.1) is 61.0 Å². The van der Waals surface area contributed by atoms with E-state index in [0.29, 0.717) is 48.3 Å². The predicted molar refractivity (Wildman–Crippen MR) is 250 cm³/mol. The molecule has 0 spiro atoms. The Kier molecular flexibility index (Phi) is 15.7. The average molecular weight is 947 g/mol. The first-order valence-electron chi connectivity index (χ1n) is 22.3. The lowest BCUT2D eigenvalue weighted by atomic mass is 9.85. The lowest BCUT2D eigenvalue weighted by molar-refractivity contribution is -0.144. The van der Waals surface area contributed by atoms with Crippen molar-refractivity contribution < 1.29 is 46.6 Å². The molecule has 1 saturated heterocycles. The van der Waals surface area contributed by atoms with Crippen LogP contribution in [0.5, 0.6) is 0 Å². The zero-order chi connectivity index (χ0) is 47.9. The molecule has 5 aromatic rings. The Morgan fingerprint density at radius 3 is 2.25 bits per heavy atom. The van der Waals surface area contributed by atoms with Crippen LogP contribution >= 0.6 is 11.8 Å². The van der Waals surface area contributed by atoms with Crippen molar-refractivity contribution in [3.05, 3.63) is 95.2 Å². The average Bonchev–Trinajstić information content (AvgIpc) is 4.10. The van der Waals surface area contributed by atoms with Crippen LogP contribution in [0.1, 0.15) is 72.8 Å². The number of halogens is 3. The zero-order valence-electron chi connectivity index (χ0n) is 38.2. The van der Waals surface area contributed by atoms with Gasteiger partial charge in [0.1, 0.15) is 18.7 Å². The molecule has 15 nitrogen and oxygen atoms in total. The molecule has 4 amide bonds. The quantitative estimate of drug-likeness (QED) is 0.0798. The van der Waals surface area contributed by atoms with Gasteiger partial charge in [0.25, 0.3) is 5.91 Å². The number of nitrogens with one attached hydrogen (secondary N) is 3. The molecule has 3 N–H and O–H groups in total. The van der Waals surface area contributed by atoms with Crippen molar-refractivity contribution >= 4 is 62.9 Å². The number of likely N-dealkylation sites (tertiary alicyclic amines) is 1. The number of carbonyl (C=O) groups excluding carboxylic acids is 4. The third-order valence-electron chi connectivity index (χ3n) is 11.7. The van der Waals surface area contributed by atoms with Gasteiger partial charge in [0, 0.05) is 54.9 Å². The van der Waals surface area contributed by atoms with Gasteiger partial charge < -0.3 is 35.1 Å². The zero-order valence-corrected chi connectivity index (χ0v) is 39.0. The molecule has 0 aliphatic carbocycles. The van der Waals surface area contributed by atoms with Gasteiger partial charge in [-0.2, -0.15) is 18.3 Å². The number of hydrogen-bond donors (Lipinski definition) is 3. The van der Waals surface area contributed by atoms with Crippen molar-refractivity contribution in [3.63, 3.8) is 0 Å². The Morgan fingerprint density at radius 2 is 1.58 bits per heavy atom. The summed E-state index contributed by atoms with van der Waals surface area (Å²) in [6.45, 7) is 9.47. The number of fused-ring (bicyclic) bond motifs is 3. The molecule has 2 aromatic heterocycles. The Hall–Kier alpha value is -5.76. The fourth-order valence-electron chi connectivity index (χ4n) is 8.24. The van der Waals surface area contributed by atoms with Crippen molar-refractivity contribution in [1.29, 1.82) is 0 Å². The van der Waals surface area contributed by atoms with E-state index in [0.717, 1.165) is 28.5 Å². The number of aromatic nitrogens is 3. The highest BCUT2D eigenvalue weighted by Gasteiger charge is 2.42. The van der Waals surface area contributed by atoms with Crippen LogP contribution in [0.2, 0.25) is 0 Å².